The zero-order chi connectivity index (χ0) is 20.5. The van der Waals surface area contributed by atoms with Crippen molar-refractivity contribution in [3.05, 3.63) is 59.7 Å². The molecule has 0 aromatic heterocycles. The molecule has 150 valence electrons. The van der Waals surface area contributed by atoms with E-state index in [9.17, 15) is 18.4 Å². The second-order valence-electron chi connectivity index (χ2n) is 5.75. The molecule has 2 aromatic carbocycles. The van der Waals surface area contributed by atoms with E-state index in [1.807, 2.05) is 37.3 Å². The summed E-state index contributed by atoms with van der Waals surface area (Å²) in [6.45, 7) is 0.167. The molecule has 1 atom stereocenters. The van der Waals surface area contributed by atoms with Crippen LogP contribution in [0.5, 0.6) is 11.5 Å². The maximum Gasteiger partial charge on any atom is 0.387 e. The summed E-state index contributed by atoms with van der Waals surface area (Å²) in [6.07, 6.45) is 0. The number of hydrogen-bond acceptors (Lipinski definition) is 5. The number of alkyl halides is 2. The monoisotopic (exact) mass is 393 g/mol. The molecule has 0 bridgehead atoms. The standard InChI is InChI=1S/C20H21F2NO5/c1-3-26-17-11-15(9-10-16(17)28-20(21)22)19(25)27-12-18(24)23-13(2)14-7-5-4-6-8-14/h4-11,13,20H,3,12H2,1-2H3,(H,23,24)/t13-/m1/s1. The summed E-state index contributed by atoms with van der Waals surface area (Å²) in [5, 5.41) is 2.72. The number of halogens is 2. The van der Waals surface area contributed by atoms with Crippen molar-refractivity contribution in [2.75, 3.05) is 13.2 Å². The maximum absolute atomic E-state index is 12.4. The molecule has 6 nitrogen and oxygen atoms in total. The highest BCUT2D eigenvalue weighted by Gasteiger charge is 2.17. The zero-order valence-corrected chi connectivity index (χ0v) is 15.5. The SMILES string of the molecule is CCOc1cc(C(=O)OCC(=O)N[C@H](C)c2ccccc2)ccc1OC(F)F. The summed E-state index contributed by atoms with van der Waals surface area (Å²) in [5.74, 6) is -1.46. The first-order valence-electron chi connectivity index (χ1n) is 8.63. The van der Waals surface area contributed by atoms with Crippen molar-refractivity contribution in [2.45, 2.75) is 26.5 Å². The fourth-order valence-electron chi connectivity index (χ4n) is 2.42. The Morgan fingerprint density at radius 2 is 1.79 bits per heavy atom. The number of hydrogen-bond donors (Lipinski definition) is 1. The Kier molecular flexibility index (Phi) is 7.74. The van der Waals surface area contributed by atoms with Crippen LogP contribution < -0.4 is 14.8 Å². The second-order valence-corrected chi connectivity index (χ2v) is 5.75. The van der Waals surface area contributed by atoms with Crippen LogP contribution in [0.3, 0.4) is 0 Å². The summed E-state index contributed by atoms with van der Waals surface area (Å²) in [4.78, 5) is 24.1. The first kappa shape index (κ1) is 21.1. The molecule has 0 aliphatic carbocycles. The number of ether oxygens (including phenoxy) is 3. The highest BCUT2D eigenvalue weighted by molar-refractivity contribution is 5.92. The van der Waals surface area contributed by atoms with Gasteiger partial charge in [0.05, 0.1) is 18.2 Å². The number of carbonyl (C=O) groups is 2. The van der Waals surface area contributed by atoms with Crippen molar-refractivity contribution in [1.82, 2.24) is 5.32 Å². The van der Waals surface area contributed by atoms with Gasteiger partial charge in [0.1, 0.15) is 0 Å². The summed E-state index contributed by atoms with van der Waals surface area (Å²) in [7, 11) is 0. The minimum Gasteiger partial charge on any atom is -0.490 e. The second kappa shape index (κ2) is 10.2. The third-order valence-corrected chi connectivity index (χ3v) is 3.71. The molecule has 1 amide bonds. The fourth-order valence-corrected chi connectivity index (χ4v) is 2.42. The van der Waals surface area contributed by atoms with Gasteiger partial charge >= 0.3 is 12.6 Å². The average molecular weight is 393 g/mol. The van der Waals surface area contributed by atoms with Gasteiger partial charge in [-0.25, -0.2) is 4.79 Å². The van der Waals surface area contributed by atoms with Crippen LogP contribution in [0, 0.1) is 0 Å². The van der Waals surface area contributed by atoms with Gasteiger partial charge in [0.2, 0.25) is 0 Å². The molecule has 28 heavy (non-hydrogen) atoms. The first-order valence-corrected chi connectivity index (χ1v) is 8.63. The van der Waals surface area contributed by atoms with E-state index in [0.717, 1.165) is 5.56 Å². The molecular formula is C20H21F2NO5. The van der Waals surface area contributed by atoms with Crippen LogP contribution in [0.2, 0.25) is 0 Å². The summed E-state index contributed by atoms with van der Waals surface area (Å²) >= 11 is 0. The number of nitrogens with one attached hydrogen (secondary N) is 1. The van der Waals surface area contributed by atoms with Gasteiger partial charge in [0.25, 0.3) is 5.91 Å². The summed E-state index contributed by atoms with van der Waals surface area (Å²) in [6, 6.07) is 12.7. The highest BCUT2D eigenvalue weighted by atomic mass is 19.3. The molecule has 0 saturated carbocycles. The third kappa shape index (κ3) is 6.22. The van der Waals surface area contributed by atoms with Crippen molar-refractivity contribution < 1.29 is 32.6 Å². The zero-order valence-electron chi connectivity index (χ0n) is 15.5. The van der Waals surface area contributed by atoms with Gasteiger partial charge in [-0.15, -0.1) is 0 Å². The van der Waals surface area contributed by atoms with Gasteiger partial charge in [-0.3, -0.25) is 4.79 Å². The van der Waals surface area contributed by atoms with E-state index in [4.69, 9.17) is 9.47 Å². The highest BCUT2D eigenvalue weighted by Crippen LogP contribution is 2.30. The van der Waals surface area contributed by atoms with Crippen LogP contribution in [0.4, 0.5) is 8.78 Å². The van der Waals surface area contributed by atoms with Crippen molar-refractivity contribution in [2.24, 2.45) is 0 Å². The summed E-state index contributed by atoms with van der Waals surface area (Å²) < 4.78 is 39.4. The van der Waals surface area contributed by atoms with E-state index in [-0.39, 0.29) is 29.7 Å². The molecule has 0 saturated heterocycles. The largest absolute Gasteiger partial charge is 0.490 e. The van der Waals surface area contributed by atoms with Crippen LogP contribution in [-0.4, -0.2) is 31.7 Å². The van der Waals surface area contributed by atoms with Crippen LogP contribution in [0.15, 0.2) is 48.5 Å². The topological polar surface area (TPSA) is 73.9 Å². The number of esters is 1. The van der Waals surface area contributed by atoms with Crippen LogP contribution in [-0.2, 0) is 9.53 Å². The molecule has 2 rings (SSSR count). The van der Waals surface area contributed by atoms with Crippen LogP contribution >= 0.6 is 0 Å². The molecule has 2 aromatic rings. The van der Waals surface area contributed by atoms with Crippen molar-refractivity contribution >= 4 is 11.9 Å². The number of carbonyl (C=O) groups excluding carboxylic acids is 2. The molecule has 0 heterocycles. The first-order chi connectivity index (χ1) is 13.4. The van der Waals surface area contributed by atoms with Crippen LogP contribution in [0.1, 0.15) is 35.8 Å². The Morgan fingerprint density at radius 1 is 1.07 bits per heavy atom. The lowest BCUT2D eigenvalue weighted by atomic mass is 10.1. The molecule has 0 fully saturated rings. The Bertz CT molecular complexity index is 798. The lowest BCUT2D eigenvalue weighted by Crippen LogP contribution is -2.31. The Hall–Kier alpha value is -3.16. The van der Waals surface area contributed by atoms with Gasteiger partial charge in [-0.05, 0) is 37.6 Å². The Labute approximate surface area is 161 Å². The average Bonchev–Trinajstić information content (AvgIpc) is 2.68. The van der Waals surface area contributed by atoms with E-state index < -0.39 is 25.1 Å². The molecule has 0 aliphatic heterocycles. The number of benzene rings is 2. The fraction of sp³-hybridized carbons (Fsp3) is 0.300. The Morgan fingerprint density at radius 3 is 2.43 bits per heavy atom. The van der Waals surface area contributed by atoms with Gasteiger partial charge in [0, 0.05) is 0 Å². The van der Waals surface area contributed by atoms with Crippen molar-refractivity contribution in [1.29, 1.82) is 0 Å². The number of rotatable bonds is 9. The molecule has 0 aliphatic rings. The third-order valence-electron chi connectivity index (χ3n) is 3.71. The van der Waals surface area contributed by atoms with E-state index >= 15 is 0 Å². The van der Waals surface area contributed by atoms with Gasteiger partial charge in [-0.2, -0.15) is 8.78 Å². The minimum absolute atomic E-state index is 0.0144. The normalized spacial score (nSPS) is 11.6. The predicted molar refractivity (Wildman–Crippen MR) is 97.5 cm³/mol. The van der Waals surface area contributed by atoms with E-state index in [1.54, 1.807) is 6.92 Å². The van der Waals surface area contributed by atoms with Gasteiger partial charge in [-0.1, -0.05) is 30.3 Å². The lowest BCUT2D eigenvalue weighted by Gasteiger charge is -2.15. The molecular weight excluding hydrogens is 372 g/mol. The smallest absolute Gasteiger partial charge is 0.387 e. The maximum atomic E-state index is 12.4. The lowest BCUT2D eigenvalue weighted by molar-refractivity contribution is -0.124. The Balaban J connectivity index is 1.94. The van der Waals surface area contributed by atoms with E-state index in [2.05, 4.69) is 10.1 Å². The molecule has 8 heteroatoms. The van der Waals surface area contributed by atoms with Crippen LogP contribution in [0.25, 0.3) is 0 Å². The van der Waals surface area contributed by atoms with Gasteiger partial charge in [0.15, 0.2) is 18.1 Å². The van der Waals surface area contributed by atoms with Gasteiger partial charge < -0.3 is 19.5 Å². The van der Waals surface area contributed by atoms with E-state index in [0.29, 0.717) is 0 Å². The molecule has 0 spiro atoms. The van der Waals surface area contributed by atoms with Crippen molar-refractivity contribution in [3.63, 3.8) is 0 Å². The summed E-state index contributed by atoms with van der Waals surface area (Å²) in [5.41, 5.74) is 0.965. The quantitative estimate of drug-likeness (QED) is 0.658. The molecule has 0 unspecified atom stereocenters. The molecule has 0 radical (unpaired) electrons. The minimum atomic E-state index is -3.02. The molecule has 1 N–H and O–H groups in total. The number of amides is 1. The van der Waals surface area contributed by atoms with E-state index in [1.165, 1.54) is 18.2 Å². The predicted octanol–water partition coefficient (Wildman–Crippen LogP) is 3.72. The van der Waals surface area contributed by atoms with Crippen molar-refractivity contribution in [3.8, 4) is 11.5 Å².